The molecule has 0 unspecified atom stereocenters. The molecule has 3 aromatic rings. The van der Waals surface area contributed by atoms with Gasteiger partial charge in [-0.25, -0.2) is 4.98 Å². The molecular formula is C21H25N5. The van der Waals surface area contributed by atoms with Crippen LogP contribution in [0.5, 0.6) is 0 Å². The van der Waals surface area contributed by atoms with Crippen molar-refractivity contribution in [2.24, 2.45) is 0 Å². The van der Waals surface area contributed by atoms with E-state index in [1.54, 1.807) is 0 Å². The van der Waals surface area contributed by atoms with Crippen LogP contribution in [0.4, 0.5) is 5.82 Å². The maximum atomic E-state index is 5.09. The molecule has 5 nitrogen and oxygen atoms in total. The molecule has 26 heavy (non-hydrogen) atoms. The maximum Gasteiger partial charge on any atom is 0.165 e. The smallest absolute Gasteiger partial charge is 0.165 e. The molecule has 0 N–H and O–H groups in total. The quantitative estimate of drug-likeness (QED) is 0.714. The van der Waals surface area contributed by atoms with Crippen molar-refractivity contribution in [3.63, 3.8) is 0 Å². The van der Waals surface area contributed by atoms with E-state index < -0.39 is 0 Å². The predicted molar refractivity (Wildman–Crippen MR) is 105 cm³/mol. The molecule has 2 aliphatic rings. The van der Waals surface area contributed by atoms with Crippen LogP contribution in [0.3, 0.4) is 0 Å². The van der Waals surface area contributed by atoms with Crippen LogP contribution in [0.15, 0.2) is 30.3 Å². The zero-order valence-electron chi connectivity index (χ0n) is 15.6. The molecule has 134 valence electrons. The number of anilines is 1. The fourth-order valence-electron chi connectivity index (χ4n) is 4.40. The first kappa shape index (κ1) is 15.8. The second-order valence-electron chi connectivity index (χ2n) is 7.57. The summed E-state index contributed by atoms with van der Waals surface area (Å²) in [6.07, 6.45) is 3.42. The summed E-state index contributed by atoms with van der Waals surface area (Å²) in [5.41, 5.74) is 7.16. The Morgan fingerprint density at radius 1 is 0.962 bits per heavy atom. The van der Waals surface area contributed by atoms with Gasteiger partial charge in [-0.3, -0.25) is 0 Å². The summed E-state index contributed by atoms with van der Waals surface area (Å²) in [6.45, 7) is 6.42. The number of rotatable bonds is 2. The summed E-state index contributed by atoms with van der Waals surface area (Å²) in [5, 5.41) is 4.96. The molecule has 1 saturated heterocycles. The Morgan fingerprint density at radius 2 is 1.73 bits per heavy atom. The Balaban J connectivity index is 1.74. The molecule has 0 saturated carbocycles. The molecule has 1 aromatic carbocycles. The minimum Gasteiger partial charge on any atom is -0.354 e. The van der Waals surface area contributed by atoms with Crippen molar-refractivity contribution in [1.29, 1.82) is 0 Å². The highest BCUT2D eigenvalue weighted by molar-refractivity contribution is 5.81. The van der Waals surface area contributed by atoms with Crippen molar-refractivity contribution in [2.75, 3.05) is 38.1 Å². The van der Waals surface area contributed by atoms with Crippen molar-refractivity contribution in [1.82, 2.24) is 19.5 Å². The topological polar surface area (TPSA) is 36.7 Å². The first-order valence-corrected chi connectivity index (χ1v) is 9.62. The molecule has 1 aliphatic carbocycles. The van der Waals surface area contributed by atoms with Gasteiger partial charge in [0.15, 0.2) is 5.65 Å². The largest absolute Gasteiger partial charge is 0.354 e. The number of piperazine rings is 1. The van der Waals surface area contributed by atoms with Crippen LogP contribution in [-0.2, 0) is 12.8 Å². The van der Waals surface area contributed by atoms with Crippen LogP contribution < -0.4 is 4.90 Å². The summed E-state index contributed by atoms with van der Waals surface area (Å²) in [4.78, 5) is 10.0. The minimum atomic E-state index is 1.02. The summed E-state index contributed by atoms with van der Waals surface area (Å²) >= 11 is 0. The van der Waals surface area contributed by atoms with Crippen molar-refractivity contribution in [3.8, 4) is 11.1 Å². The van der Waals surface area contributed by atoms with Gasteiger partial charge in [0.2, 0.25) is 0 Å². The monoisotopic (exact) mass is 347 g/mol. The van der Waals surface area contributed by atoms with Crippen LogP contribution in [0, 0.1) is 6.92 Å². The third-order valence-electron chi connectivity index (χ3n) is 5.80. The SMILES string of the molecule is Cc1nn2c(N3CCN(C)CC3)c3c(nc2c1-c1ccccc1)CCC3. The number of hydrogen-bond donors (Lipinski definition) is 0. The molecule has 1 aliphatic heterocycles. The lowest BCUT2D eigenvalue weighted by Gasteiger charge is -2.35. The van der Waals surface area contributed by atoms with Crippen LogP contribution in [0.25, 0.3) is 16.8 Å². The van der Waals surface area contributed by atoms with E-state index in [9.17, 15) is 0 Å². The average molecular weight is 347 g/mol. The van der Waals surface area contributed by atoms with Gasteiger partial charge >= 0.3 is 0 Å². The van der Waals surface area contributed by atoms with Gasteiger partial charge in [-0.1, -0.05) is 30.3 Å². The van der Waals surface area contributed by atoms with Gasteiger partial charge in [0, 0.05) is 43.0 Å². The highest BCUT2D eigenvalue weighted by atomic mass is 15.4. The maximum absolute atomic E-state index is 5.09. The van der Waals surface area contributed by atoms with Gasteiger partial charge in [0.05, 0.1) is 5.69 Å². The van der Waals surface area contributed by atoms with Crippen molar-refractivity contribution in [3.05, 3.63) is 47.3 Å². The lowest BCUT2D eigenvalue weighted by Crippen LogP contribution is -2.45. The Labute approximate surface area is 154 Å². The normalized spacial score (nSPS) is 17.8. The molecule has 0 atom stereocenters. The van der Waals surface area contributed by atoms with Gasteiger partial charge in [0.25, 0.3) is 0 Å². The fraction of sp³-hybridized carbons (Fsp3) is 0.429. The van der Waals surface area contributed by atoms with Gasteiger partial charge in [-0.05, 0) is 38.8 Å². The molecule has 0 radical (unpaired) electrons. The first-order chi connectivity index (χ1) is 12.7. The van der Waals surface area contributed by atoms with Gasteiger partial charge in [-0.2, -0.15) is 9.61 Å². The molecular weight excluding hydrogens is 322 g/mol. The summed E-state index contributed by atoms with van der Waals surface area (Å²) in [5.74, 6) is 1.29. The zero-order valence-corrected chi connectivity index (χ0v) is 15.6. The zero-order chi connectivity index (χ0) is 17.7. The van der Waals surface area contributed by atoms with E-state index in [1.165, 1.54) is 34.6 Å². The average Bonchev–Trinajstić information content (AvgIpc) is 3.24. The van der Waals surface area contributed by atoms with E-state index in [0.717, 1.165) is 50.4 Å². The van der Waals surface area contributed by atoms with Gasteiger partial charge in [-0.15, -0.1) is 0 Å². The Bertz CT molecular complexity index is 952. The van der Waals surface area contributed by atoms with Gasteiger partial charge in [0.1, 0.15) is 5.82 Å². The Hall–Kier alpha value is -2.40. The van der Waals surface area contributed by atoms with Crippen molar-refractivity contribution in [2.45, 2.75) is 26.2 Å². The number of aromatic nitrogens is 3. The van der Waals surface area contributed by atoms with E-state index in [-0.39, 0.29) is 0 Å². The molecule has 5 rings (SSSR count). The van der Waals surface area contributed by atoms with Crippen molar-refractivity contribution < 1.29 is 0 Å². The molecule has 2 aromatic heterocycles. The predicted octanol–water partition coefficient (Wildman–Crippen LogP) is 2.95. The number of aryl methyl sites for hydroxylation is 2. The summed E-state index contributed by atoms with van der Waals surface area (Å²) in [7, 11) is 2.20. The van der Waals surface area contributed by atoms with E-state index in [4.69, 9.17) is 10.1 Å². The molecule has 5 heteroatoms. The van der Waals surface area contributed by atoms with Crippen LogP contribution in [-0.4, -0.2) is 52.7 Å². The highest BCUT2D eigenvalue weighted by Gasteiger charge is 2.28. The third-order valence-corrected chi connectivity index (χ3v) is 5.80. The molecule has 0 spiro atoms. The van der Waals surface area contributed by atoms with Crippen LogP contribution >= 0.6 is 0 Å². The van der Waals surface area contributed by atoms with E-state index in [2.05, 4.69) is 58.6 Å². The molecule has 0 bridgehead atoms. The third kappa shape index (κ3) is 2.42. The van der Waals surface area contributed by atoms with E-state index >= 15 is 0 Å². The molecule has 0 amide bonds. The standard InChI is InChI=1S/C21H25N5/c1-15-19(16-7-4-3-5-8-16)20-22-18-10-6-9-17(18)21(26(20)23-15)25-13-11-24(2)12-14-25/h3-5,7-8H,6,9-14H2,1-2H3. The van der Waals surface area contributed by atoms with Gasteiger partial charge < -0.3 is 9.80 Å². The number of nitrogens with zero attached hydrogens (tertiary/aromatic N) is 5. The minimum absolute atomic E-state index is 1.02. The Kier molecular flexibility index (Phi) is 3.71. The molecule has 3 heterocycles. The highest BCUT2D eigenvalue weighted by Crippen LogP contribution is 2.36. The van der Waals surface area contributed by atoms with Crippen molar-refractivity contribution >= 4 is 11.5 Å². The molecule has 1 fully saturated rings. The lowest BCUT2D eigenvalue weighted by molar-refractivity contribution is 0.311. The summed E-state index contributed by atoms with van der Waals surface area (Å²) < 4.78 is 2.13. The number of benzene rings is 1. The number of likely N-dealkylation sites (N-methyl/N-ethyl adjacent to an activating group) is 1. The number of hydrogen-bond acceptors (Lipinski definition) is 4. The van der Waals surface area contributed by atoms with E-state index in [0.29, 0.717) is 0 Å². The lowest BCUT2D eigenvalue weighted by atomic mass is 10.1. The second-order valence-corrected chi connectivity index (χ2v) is 7.57. The first-order valence-electron chi connectivity index (χ1n) is 9.62. The summed E-state index contributed by atoms with van der Waals surface area (Å²) in [6, 6.07) is 10.6. The van der Waals surface area contributed by atoms with E-state index in [1.807, 2.05) is 0 Å². The fourth-order valence-corrected chi connectivity index (χ4v) is 4.40. The van der Waals surface area contributed by atoms with Crippen LogP contribution in [0.2, 0.25) is 0 Å². The Morgan fingerprint density at radius 3 is 2.50 bits per heavy atom. The second kappa shape index (κ2) is 6.09. The van der Waals surface area contributed by atoms with Crippen LogP contribution in [0.1, 0.15) is 23.4 Å². The number of fused-ring (bicyclic) bond motifs is 2.